The number of nitrogens with zero attached hydrogens (tertiary/aromatic N) is 4. The molecule has 1 fully saturated rings. The summed E-state index contributed by atoms with van der Waals surface area (Å²) in [6.45, 7) is 11.0. The average molecular weight is 368 g/mol. The largest absolute Gasteiger partial charge is 0.386 e. The highest BCUT2D eigenvalue weighted by Crippen LogP contribution is 2.50. The van der Waals surface area contributed by atoms with Gasteiger partial charge in [-0.1, -0.05) is 24.3 Å². The minimum atomic E-state index is -2.61. The number of aliphatic hydroxyl groups is 1. The van der Waals surface area contributed by atoms with Crippen molar-refractivity contribution in [3.63, 3.8) is 0 Å². The lowest BCUT2D eigenvalue weighted by atomic mass is 9.95. The molecule has 1 aromatic carbocycles. The van der Waals surface area contributed by atoms with Crippen LogP contribution in [0.1, 0.15) is 31.7 Å². The van der Waals surface area contributed by atoms with Crippen LogP contribution in [0.5, 0.6) is 0 Å². The Hall–Kier alpha value is -2.85. The van der Waals surface area contributed by atoms with Crippen molar-refractivity contribution in [1.29, 1.82) is 0 Å². The minimum absolute atomic E-state index is 0.122. The summed E-state index contributed by atoms with van der Waals surface area (Å²) in [4.78, 5) is 3.61. The first-order valence-electron chi connectivity index (χ1n) is 8.66. The number of alkyl halides is 2. The number of hydrogen-bond donors (Lipinski definition) is 1. The molecule has 3 aromatic rings. The Labute approximate surface area is 155 Å². The van der Waals surface area contributed by atoms with Crippen molar-refractivity contribution in [2.75, 3.05) is 0 Å². The second-order valence-corrected chi connectivity index (χ2v) is 7.50. The van der Waals surface area contributed by atoms with E-state index in [1.54, 1.807) is 30.5 Å². The molecule has 0 spiro atoms. The molecule has 1 saturated carbocycles. The van der Waals surface area contributed by atoms with E-state index in [0.717, 1.165) is 11.1 Å². The number of hydrogen-bond acceptors (Lipinski definition) is 3. The highest BCUT2D eigenvalue weighted by atomic mass is 19.3. The topological polar surface area (TPSA) is 54.8 Å². The maximum atomic E-state index is 13.2. The van der Waals surface area contributed by atoms with Crippen LogP contribution in [0, 0.1) is 12.5 Å². The molecule has 0 bridgehead atoms. The van der Waals surface area contributed by atoms with Crippen molar-refractivity contribution >= 4 is 11.3 Å². The van der Waals surface area contributed by atoms with Gasteiger partial charge in [0.05, 0.1) is 12.2 Å². The summed E-state index contributed by atoms with van der Waals surface area (Å²) in [5.74, 6) is -2.87. The Morgan fingerprint density at radius 3 is 2.48 bits per heavy atom. The fraction of sp³-hybridized carbons (Fsp3) is 0.350. The van der Waals surface area contributed by atoms with E-state index < -0.39 is 17.4 Å². The normalized spacial score (nSPS) is 18.4. The minimum Gasteiger partial charge on any atom is -0.386 e. The Morgan fingerprint density at radius 2 is 1.93 bits per heavy atom. The molecule has 1 unspecified atom stereocenters. The van der Waals surface area contributed by atoms with Crippen LogP contribution in [0.2, 0.25) is 0 Å². The van der Waals surface area contributed by atoms with Crippen molar-refractivity contribution in [3.8, 4) is 11.1 Å². The number of rotatable bonds is 4. The van der Waals surface area contributed by atoms with Crippen LogP contribution < -0.4 is 0 Å². The summed E-state index contributed by atoms with van der Waals surface area (Å²) < 4.78 is 28.0. The SMILES string of the molecule is [C-]#[N+]c1c(-c2ccc(C(C)(C)O)cc2)ccn2c(CC3CC3(F)F)nnc12. The Bertz CT molecular complexity index is 1060. The molecule has 1 atom stereocenters. The maximum Gasteiger partial charge on any atom is 0.252 e. The van der Waals surface area contributed by atoms with E-state index in [1.165, 1.54) is 0 Å². The van der Waals surface area contributed by atoms with Crippen LogP contribution in [0.25, 0.3) is 21.6 Å². The van der Waals surface area contributed by atoms with E-state index in [4.69, 9.17) is 6.57 Å². The van der Waals surface area contributed by atoms with Gasteiger partial charge in [0, 0.05) is 25.0 Å². The molecule has 4 rings (SSSR count). The van der Waals surface area contributed by atoms with Gasteiger partial charge in [-0.15, -0.1) is 10.2 Å². The molecule has 1 aliphatic rings. The Morgan fingerprint density at radius 1 is 1.26 bits per heavy atom. The van der Waals surface area contributed by atoms with Crippen molar-refractivity contribution < 1.29 is 13.9 Å². The first-order valence-corrected chi connectivity index (χ1v) is 8.66. The van der Waals surface area contributed by atoms with Gasteiger partial charge in [-0.3, -0.25) is 4.40 Å². The molecule has 1 aliphatic carbocycles. The summed E-state index contributed by atoms with van der Waals surface area (Å²) in [6, 6.07) is 9.10. The smallest absolute Gasteiger partial charge is 0.252 e. The monoisotopic (exact) mass is 368 g/mol. The molecule has 0 aliphatic heterocycles. The van der Waals surface area contributed by atoms with E-state index in [0.29, 0.717) is 22.7 Å². The van der Waals surface area contributed by atoms with Gasteiger partial charge in [0.15, 0.2) is 5.65 Å². The van der Waals surface area contributed by atoms with E-state index in [1.807, 2.05) is 24.3 Å². The number of aromatic nitrogens is 3. The number of pyridine rings is 1. The molecule has 7 heteroatoms. The van der Waals surface area contributed by atoms with Gasteiger partial charge in [0.2, 0.25) is 5.69 Å². The molecular weight excluding hydrogens is 350 g/mol. The van der Waals surface area contributed by atoms with Gasteiger partial charge in [-0.2, -0.15) is 0 Å². The fourth-order valence-corrected chi connectivity index (χ4v) is 3.24. The average Bonchev–Trinajstić information content (AvgIpc) is 3.02. The van der Waals surface area contributed by atoms with E-state index in [9.17, 15) is 13.9 Å². The Balaban J connectivity index is 1.73. The summed E-state index contributed by atoms with van der Waals surface area (Å²) in [5, 5.41) is 18.2. The molecule has 0 radical (unpaired) electrons. The van der Waals surface area contributed by atoms with E-state index >= 15 is 0 Å². The predicted molar refractivity (Wildman–Crippen MR) is 96.7 cm³/mol. The lowest BCUT2D eigenvalue weighted by Crippen LogP contribution is -2.14. The molecule has 2 heterocycles. The summed E-state index contributed by atoms with van der Waals surface area (Å²) in [7, 11) is 0. The molecule has 5 nitrogen and oxygen atoms in total. The predicted octanol–water partition coefficient (Wildman–Crippen LogP) is 4.37. The fourth-order valence-electron chi connectivity index (χ4n) is 3.24. The number of benzene rings is 1. The molecule has 27 heavy (non-hydrogen) atoms. The lowest BCUT2D eigenvalue weighted by molar-refractivity contribution is 0.0786. The molecule has 0 saturated heterocycles. The van der Waals surface area contributed by atoms with Crippen LogP contribution in [-0.4, -0.2) is 25.6 Å². The van der Waals surface area contributed by atoms with Crippen LogP contribution in [0.15, 0.2) is 36.5 Å². The molecule has 0 amide bonds. The second-order valence-electron chi connectivity index (χ2n) is 7.50. The van der Waals surface area contributed by atoms with Crippen LogP contribution in [-0.2, 0) is 12.0 Å². The third kappa shape index (κ3) is 3.06. The van der Waals surface area contributed by atoms with Crippen LogP contribution in [0.4, 0.5) is 14.5 Å². The second kappa shape index (κ2) is 5.83. The molecular formula is C20H18F2N4O. The summed E-state index contributed by atoms with van der Waals surface area (Å²) >= 11 is 0. The van der Waals surface area contributed by atoms with Crippen LogP contribution >= 0.6 is 0 Å². The quantitative estimate of drug-likeness (QED) is 0.696. The third-order valence-electron chi connectivity index (χ3n) is 5.02. The van der Waals surface area contributed by atoms with Gasteiger partial charge in [0.1, 0.15) is 5.82 Å². The highest BCUT2D eigenvalue weighted by Gasteiger charge is 2.56. The molecule has 2 aromatic heterocycles. The van der Waals surface area contributed by atoms with E-state index in [2.05, 4.69) is 15.0 Å². The van der Waals surface area contributed by atoms with Gasteiger partial charge >= 0.3 is 0 Å². The first kappa shape index (κ1) is 17.6. The van der Waals surface area contributed by atoms with Crippen molar-refractivity contribution in [2.45, 2.75) is 38.2 Å². The van der Waals surface area contributed by atoms with Gasteiger partial charge in [-0.05, 0) is 36.6 Å². The lowest BCUT2D eigenvalue weighted by Gasteiger charge is -2.18. The van der Waals surface area contributed by atoms with Gasteiger partial charge < -0.3 is 5.11 Å². The molecule has 138 valence electrons. The third-order valence-corrected chi connectivity index (χ3v) is 5.02. The molecule has 1 N–H and O–H groups in total. The van der Waals surface area contributed by atoms with Crippen molar-refractivity contribution in [2.24, 2.45) is 5.92 Å². The van der Waals surface area contributed by atoms with Crippen molar-refractivity contribution in [3.05, 3.63) is 59.3 Å². The van der Waals surface area contributed by atoms with Gasteiger partial charge in [-0.25, -0.2) is 13.6 Å². The zero-order valence-corrected chi connectivity index (χ0v) is 14.9. The highest BCUT2D eigenvalue weighted by molar-refractivity contribution is 5.87. The summed E-state index contributed by atoms with van der Waals surface area (Å²) in [5.41, 5.74) is 2.03. The van der Waals surface area contributed by atoms with Crippen LogP contribution in [0.3, 0.4) is 0 Å². The standard InChI is InChI=1S/C20H18F2N4O/c1-19(2,27)13-6-4-12(5-7-13)15-8-9-26-16(10-14-11-20(14,21)22)24-25-18(26)17(15)23-3/h4-9,14,27H,10-11H2,1-2H3. The summed E-state index contributed by atoms with van der Waals surface area (Å²) in [6.07, 6.45) is 1.74. The number of fused-ring (bicyclic) bond motifs is 1. The zero-order chi connectivity index (χ0) is 19.4. The zero-order valence-electron chi connectivity index (χ0n) is 14.9. The van der Waals surface area contributed by atoms with E-state index in [-0.39, 0.29) is 12.8 Å². The van der Waals surface area contributed by atoms with Crippen molar-refractivity contribution in [1.82, 2.24) is 14.6 Å². The maximum absolute atomic E-state index is 13.2. The first-order chi connectivity index (χ1) is 12.7. The Kier molecular flexibility index (Phi) is 3.79. The number of halogens is 2. The van der Waals surface area contributed by atoms with Gasteiger partial charge in [0.25, 0.3) is 5.92 Å².